The lowest BCUT2D eigenvalue weighted by atomic mass is 9.91. The number of hydrogen-bond acceptors (Lipinski definition) is 4. The van der Waals surface area contributed by atoms with E-state index in [1.54, 1.807) is 6.92 Å². The molecule has 0 rings (SSSR count). The van der Waals surface area contributed by atoms with Crippen LogP contribution in [0.4, 0.5) is 0 Å². The fraction of sp³-hybridized carbons (Fsp3) is 0.917. The van der Waals surface area contributed by atoms with E-state index in [1.165, 1.54) is 13.8 Å². The lowest BCUT2D eigenvalue weighted by molar-refractivity contribution is -0.404. The molecule has 0 spiro atoms. The van der Waals surface area contributed by atoms with Gasteiger partial charge in [0.2, 0.25) is 0 Å². The van der Waals surface area contributed by atoms with Crippen molar-refractivity contribution in [2.24, 2.45) is 0 Å². The Morgan fingerprint density at radius 2 is 1.71 bits per heavy atom. The molecule has 0 aliphatic carbocycles. The van der Waals surface area contributed by atoms with Crippen LogP contribution in [0, 0.1) is 0 Å². The summed E-state index contributed by atoms with van der Waals surface area (Å²) in [6, 6.07) is 0. The summed E-state index contributed by atoms with van der Waals surface area (Å²) >= 11 is 0. The number of carboxylic acids is 1. The van der Waals surface area contributed by atoms with Gasteiger partial charge in [0.15, 0.2) is 5.60 Å². The molecule has 2 N–H and O–H groups in total. The van der Waals surface area contributed by atoms with Crippen molar-refractivity contribution in [3.8, 4) is 0 Å². The largest absolute Gasteiger partial charge is 0.479 e. The zero-order valence-electron chi connectivity index (χ0n) is 11.3. The third kappa shape index (κ3) is 5.02. The third-order valence-electron chi connectivity index (χ3n) is 2.90. The van der Waals surface area contributed by atoms with Crippen molar-refractivity contribution in [2.75, 3.05) is 0 Å². The molecule has 0 heterocycles. The summed E-state index contributed by atoms with van der Waals surface area (Å²) < 4.78 is 0. The molecular weight excluding hydrogens is 224 g/mol. The van der Waals surface area contributed by atoms with Gasteiger partial charge in [0, 0.05) is 6.42 Å². The highest BCUT2D eigenvalue weighted by Crippen LogP contribution is 2.28. The first-order valence-corrected chi connectivity index (χ1v) is 5.97. The van der Waals surface area contributed by atoms with Crippen LogP contribution in [0.25, 0.3) is 0 Å². The second-order valence-electron chi connectivity index (χ2n) is 4.93. The third-order valence-corrected chi connectivity index (χ3v) is 2.90. The highest BCUT2D eigenvalue weighted by atomic mass is 17.2. The molecule has 102 valence electrons. The molecule has 0 aliphatic rings. The van der Waals surface area contributed by atoms with Gasteiger partial charge >= 0.3 is 5.97 Å². The molecule has 0 amide bonds. The smallest absolute Gasteiger partial charge is 0.338 e. The number of carboxylic acid groups (broad SMARTS) is 1. The van der Waals surface area contributed by atoms with Crippen LogP contribution in [0.1, 0.15) is 53.9 Å². The van der Waals surface area contributed by atoms with Crippen molar-refractivity contribution in [2.45, 2.75) is 71.2 Å². The number of hydrogen-bond donors (Lipinski definition) is 2. The van der Waals surface area contributed by atoms with Gasteiger partial charge in [-0.15, -0.1) is 0 Å². The summed E-state index contributed by atoms with van der Waals surface area (Å²) in [5.74, 6) is -1.09. The molecule has 0 radical (unpaired) electrons. The van der Waals surface area contributed by atoms with Crippen LogP contribution >= 0.6 is 0 Å². The molecule has 5 nitrogen and oxygen atoms in total. The topological polar surface area (TPSA) is 76.0 Å². The van der Waals surface area contributed by atoms with Crippen LogP contribution < -0.4 is 0 Å². The maximum Gasteiger partial charge on any atom is 0.338 e. The first kappa shape index (κ1) is 16.4. The van der Waals surface area contributed by atoms with Gasteiger partial charge in [0.05, 0.1) is 6.10 Å². The minimum Gasteiger partial charge on any atom is -0.479 e. The summed E-state index contributed by atoms with van der Waals surface area (Å²) in [5.41, 5.74) is -2.03. The zero-order valence-corrected chi connectivity index (χ0v) is 11.3. The van der Waals surface area contributed by atoms with Gasteiger partial charge in [0.25, 0.3) is 0 Å². The van der Waals surface area contributed by atoms with Gasteiger partial charge in [-0.05, 0) is 33.6 Å². The van der Waals surface area contributed by atoms with Gasteiger partial charge < -0.3 is 10.2 Å². The minimum absolute atomic E-state index is 0.412. The number of aliphatic hydroxyl groups is 1. The Labute approximate surface area is 103 Å². The Hall–Kier alpha value is -0.650. The fourth-order valence-electron chi connectivity index (χ4n) is 1.46. The molecule has 0 fully saturated rings. The second kappa shape index (κ2) is 6.33. The molecular formula is C12H24O5. The molecule has 0 saturated carbocycles. The Bertz CT molecular complexity index is 243. The first-order chi connectivity index (χ1) is 7.69. The van der Waals surface area contributed by atoms with Crippen LogP contribution in [0.3, 0.4) is 0 Å². The molecule has 0 aromatic rings. The highest BCUT2D eigenvalue weighted by Gasteiger charge is 2.36. The van der Waals surface area contributed by atoms with Crippen molar-refractivity contribution in [3.05, 3.63) is 0 Å². The van der Waals surface area contributed by atoms with E-state index in [4.69, 9.17) is 14.9 Å². The molecule has 1 unspecified atom stereocenters. The van der Waals surface area contributed by atoms with Crippen LogP contribution in [-0.4, -0.2) is 33.5 Å². The van der Waals surface area contributed by atoms with E-state index in [0.29, 0.717) is 19.3 Å². The van der Waals surface area contributed by atoms with Crippen molar-refractivity contribution in [1.82, 2.24) is 0 Å². The Kier molecular flexibility index (Phi) is 6.09. The van der Waals surface area contributed by atoms with Crippen LogP contribution in [0.2, 0.25) is 0 Å². The summed E-state index contributed by atoms with van der Waals surface area (Å²) in [7, 11) is 0. The molecule has 0 aromatic carbocycles. The summed E-state index contributed by atoms with van der Waals surface area (Å²) in [5, 5.41) is 18.3. The van der Waals surface area contributed by atoms with Crippen LogP contribution in [0.5, 0.6) is 0 Å². The fourth-order valence-corrected chi connectivity index (χ4v) is 1.46. The molecule has 0 saturated heterocycles. The van der Waals surface area contributed by atoms with E-state index in [9.17, 15) is 9.90 Å². The van der Waals surface area contributed by atoms with Crippen LogP contribution in [0.15, 0.2) is 0 Å². The standard InChI is InChI=1S/C12H24O5/c1-6-12(7-2,8-9(3)13)17-16-11(4,5)10(14)15/h9,13H,6-8H2,1-5H3,(H,14,15). The maximum atomic E-state index is 10.9. The first-order valence-electron chi connectivity index (χ1n) is 5.97. The van der Waals surface area contributed by atoms with E-state index in [1.807, 2.05) is 13.8 Å². The van der Waals surface area contributed by atoms with Gasteiger partial charge in [-0.3, -0.25) is 0 Å². The Balaban J connectivity index is 4.61. The van der Waals surface area contributed by atoms with Crippen molar-refractivity contribution >= 4 is 5.97 Å². The maximum absolute atomic E-state index is 10.9. The van der Waals surface area contributed by atoms with Gasteiger partial charge in [-0.25, -0.2) is 14.6 Å². The highest BCUT2D eigenvalue weighted by molar-refractivity contribution is 5.76. The molecule has 17 heavy (non-hydrogen) atoms. The summed E-state index contributed by atoms with van der Waals surface area (Å²) in [6.45, 7) is 8.36. The van der Waals surface area contributed by atoms with Gasteiger partial charge in [-0.2, -0.15) is 0 Å². The van der Waals surface area contributed by atoms with E-state index < -0.39 is 23.3 Å². The van der Waals surface area contributed by atoms with Crippen LogP contribution in [-0.2, 0) is 14.6 Å². The van der Waals surface area contributed by atoms with E-state index in [-0.39, 0.29) is 0 Å². The van der Waals surface area contributed by atoms with E-state index in [0.717, 1.165) is 0 Å². The quantitative estimate of drug-likeness (QED) is 0.508. The average molecular weight is 248 g/mol. The van der Waals surface area contributed by atoms with Crippen molar-refractivity contribution < 1.29 is 24.8 Å². The lowest BCUT2D eigenvalue weighted by Crippen LogP contribution is -2.42. The number of aliphatic carboxylic acids is 1. The van der Waals surface area contributed by atoms with Gasteiger partial charge in [0.1, 0.15) is 5.60 Å². The normalized spacial score (nSPS) is 14.7. The number of aliphatic hydroxyl groups excluding tert-OH is 1. The summed E-state index contributed by atoms with van der Waals surface area (Å²) in [6.07, 6.45) is 1.18. The Morgan fingerprint density at radius 3 is 2.00 bits per heavy atom. The van der Waals surface area contributed by atoms with Crippen molar-refractivity contribution in [3.63, 3.8) is 0 Å². The number of carbonyl (C=O) groups is 1. The predicted octanol–water partition coefficient (Wildman–Crippen LogP) is 2.13. The second-order valence-corrected chi connectivity index (χ2v) is 4.93. The van der Waals surface area contributed by atoms with E-state index >= 15 is 0 Å². The zero-order chi connectivity index (χ0) is 13.7. The van der Waals surface area contributed by atoms with Crippen molar-refractivity contribution in [1.29, 1.82) is 0 Å². The molecule has 0 aliphatic heterocycles. The molecule has 0 aromatic heterocycles. The van der Waals surface area contributed by atoms with E-state index in [2.05, 4.69) is 0 Å². The number of rotatable bonds is 8. The Morgan fingerprint density at radius 1 is 1.24 bits per heavy atom. The molecule has 0 bridgehead atoms. The van der Waals surface area contributed by atoms with Gasteiger partial charge in [-0.1, -0.05) is 13.8 Å². The SMILES string of the molecule is CCC(CC)(CC(C)O)OOC(C)(C)C(=O)O. The minimum atomic E-state index is -1.39. The lowest BCUT2D eigenvalue weighted by Gasteiger charge is -2.34. The average Bonchev–Trinajstić information content (AvgIpc) is 2.23. The monoisotopic (exact) mass is 248 g/mol. The molecule has 1 atom stereocenters. The predicted molar refractivity (Wildman–Crippen MR) is 63.5 cm³/mol. The molecule has 5 heteroatoms. The summed E-state index contributed by atoms with van der Waals surface area (Å²) in [4.78, 5) is 21.2.